The van der Waals surface area contributed by atoms with Crippen LogP contribution in [-0.4, -0.2) is 246 Å². The molecule has 0 bridgehead atoms. The maximum absolute atomic E-state index is 13.3. The van der Waals surface area contributed by atoms with Crippen LogP contribution < -0.4 is 19.3 Å². The van der Waals surface area contributed by atoms with E-state index in [1.807, 2.05) is 9.80 Å². The van der Waals surface area contributed by atoms with E-state index in [4.69, 9.17) is 66.3 Å². The molecule has 0 N–H and O–H groups in total. The van der Waals surface area contributed by atoms with Gasteiger partial charge in [-0.05, 0) is 76.2 Å². The van der Waals surface area contributed by atoms with Crippen molar-refractivity contribution in [2.75, 3.05) is 115 Å². The van der Waals surface area contributed by atoms with E-state index in [0.717, 1.165) is 44.2 Å². The Morgan fingerprint density at radius 2 is 0.778 bits per heavy atom. The summed E-state index contributed by atoms with van der Waals surface area (Å²) in [6.45, 7) is 24.7. The van der Waals surface area contributed by atoms with Crippen molar-refractivity contribution in [3.63, 3.8) is 0 Å². The van der Waals surface area contributed by atoms with Gasteiger partial charge in [0.05, 0.1) is 68.7 Å². The number of allylic oxidation sites excluding steroid dienone is 1. The van der Waals surface area contributed by atoms with Crippen LogP contribution in [0.3, 0.4) is 0 Å². The molecule has 2 aliphatic heterocycles. The number of anilines is 2. The number of amides is 2. The maximum Gasteiger partial charge on any atom is 0.347 e. The van der Waals surface area contributed by atoms with Crippen molar-refractivity contribution in [3.05, 3.63) is 12.3 Å². The second-order valence-corrected chi connectivity index (χ2v) is 22.9. The second-order valence-electron chi connectivity index (χ2n) is 21.8. The Morgan fingerprint density at radius 3 is 1.07 bits per heavy atom. The van der Waals surface area contributed by atoms with Crippen molar-refractivity contribution in [2.24, 2.45) is 0 Å². The smallest absolute Gasteiger partial charge is 0.347 e. The summed E-state index contributed by atoms with van der Waals surface area (Å²) >= 11 is 1.88. The van der Waals surface area contributed by atoms with Gasteiger partial charge in [0.1, 0.15) is 13.2 Å². The Kier molecular flexibility index (Phi) is 31.5. The van der Waals surface area contributed by atoms with Gasteiger partial charge in [-0.25, -0.2) is 28.8 Å². The molecule has 2 fully saturated rings. The van der Waals surface area contributed by atoms with Crippen molar-refractivity contribution in [3.8, 4) is 11.8 Å². The average Bonchev–Trinajstić information content (AvgIpc) is 4.32. The predicted octanol–water partition coefficient (Wildman–Crippen LogP) is 1.55. The van der Waals surface area contributed by atoms with Crippen LogP contribution in [0.2, 0.25) is 0 Å². The molecule has 2 amide bonds. The summed E-state index contributed by atoms with van der Waals surface area (Å²) < 4.78 is 90.3. The molecular formula is C55H82N8O25S2. The summed E-state index contributed by atoms with van der Waals surface area (Å²) in [4.78, 5) is 141. The lowest BCUT2D eigenvalue weighted by atomic mass is 10.1. The fourth-order valence-electron chi connectivity index (χ4n) is 7.80. The highest BCUT2D eigenvalue weighted by atomic mass is 32.1. The van der Waals surface area contributed by atoms with Crippen molar-refractivity contribution in [1.82, 2.24) is 27.3 Å². The minimum atomic E-state index is -1.24. The van der Waals surface area contributed by atoms with Crippen molar-refractivity contribution in [1.29, 1.82) is 0 Å². The van der Waals surface area contributed by atoms with Crippen LogP contribution in [-0.2, 0) is 110 Å². The standard InChI is InChI=1S/C28H42N4O12S.C27H40N4O13S/c1-17(2)42-18(3)26(36)41-16-23(35)44-21(14-39-25-24(29-45-30-25)31-9-11-38-12-10-31)13-32(28(6,7)8)22(34)15-40-27(37)19(4)43-20(5)33;1-16(42-18(3)32)25(36)40-14-21(34)31(27(5,6)7)12-20(44-22(35)15-41-26(37)17(2)43-19(4)33)13-39-24-23(28-45-29-24)30-8-10-38-11-9-30/h18-19,21H,1,9-16H2,2-8H3;16-17,20H,8-15H2,1-7H3/t18?,19?,21-;16?,17?,20-/m00/s1. The molecule has 2 aliphatic rings. The lowest BCUT2D eigenvalue weighted by Crippen LogP contribution is -2.52. The van der Waals surface area contributed by atoms with E-state index in [1.165, 1.54) is 37.5 Å². The van der Waals surface area contributed by atoms with E-state index in [0.29, 0.717) is 70.0 Å². The van der Waals surface area contributed by atoms with E-state index >= 15 is 0 Å². The summed E-state index contributed by atoms with van der Waals surface area (Å²) in [6, 6.07) is 0. The Balaban J connectivity index is 0.000000470. The Labute approximate surface area is 529 Å². The number of ether oxygens (including phenoxy) is 14. The molecule has 35 heteroatoms. The monoisotopic (exact) mass is 1320 g/mol. The van der Waals surface area contributed by atoms with Gasteiger partial charge in [0.15, 0.2) is 63.1 Å². The molecule has 0 spiro atoms. The number of esters is 9. The fourth-order valence-corrected chi connectivity index (χ4v) is 8.84. The molecule has 2 aromatic rings. The molecule has 4 rings (SSSR count). The summed E-state index contributed by atoms with van der Waals surface area (Å²) in [6.07, 6.45) is -6.88. The van der Waals surface area contributed by atoms with Gasteiger partial charge in [0, 0.05) is 58.0 Å². The topological polar surface area (TPSA) is 382 Å². The van der Waals surface area contributed by atoms with Crippen molar-refractivity contribution in [2.45, 2.75) is 145 Å². The predicted molar refractivity (Wildman–Crippen MR) is 312 cm³/mol. The van der Waals surface area contributed by atoms with Gasteiger partial charge in [-0.3, -0.25) is 24.0 Å². The zero-order chi connectivity index (χ0) is 67.5. The van der Waals surface area contributed by atoms with Crippen LogP contribution in [0.25, 0.3) is 0 Å². The largest absolute Gasteiger partial charge is 0.484 e. The molecule has 6 atom stereocenters. The minimum Gasteiger partial charge on any atom is -0.484 e. The van der Waals surface area contributed by atoms with E-state index in [2.05, 4.69) is 24.1 Å². The second kappa shape index (κ2) is 37.2. The van der Waals surface area contributed by atoms with Crippen LogP contribution in [0, 0.1) is 0 Å². The van der Waals surface area contributed by atoms with Crippen molar-refractivity contribution < 1.29 is 119 Å². The number of nitrogens with zero attached hydrogens (tertiary/aromatic N) is 8. The van der Waals surface area contributed by atoms with Crippen LogP contribution in [0.5, 0.6) is 11.8 Å². The van der Waals surface area contributed by atoms with Crippen LogP contribution in [0.1, 0.15) is 96.9 Å². The first-order valence-corrected chi connectivity index (χ1v) is 29.7. The Bertz CT molecular complexity index is 2570. The fraction of sp³-hybridized carbons (Fsp3) is 0.691. The number of carbonyl (C=O) groups excluding carboxylic acids is 11. The normalized spacial score (nSPS) is 15.1. The summed E-state index contributed by atoms with van der Waals surface area (Å²) in [5.74, 6) is -7.12. The van der Waals surface area contributed by atoms with Crippen molar-refractivity contribution >= 4 is 101 Å². The number of rotatable bonds is 31. The number of hydrogen-bond donors (Lipinski definition) is 0. The molecule has 0 radical (unpaired) electrons. The third-order valence-corrected chi connectivity index (χ3v) is 13.0. The van der Waals surface area contributed by atoms with Gasteiger partial charge in [-0.1, -0.05) is 6.58 Å². The first-order chi connectivity index (χ1) is 42.2. The van der Waals surface area contributed by atoms with Gasteiger partial charge in [0.2, 0.25) is 11.6 Å². The lowest BCUT2D eigenvalue weighted by molar-refractivity contribution is -0.174. The molecule has 4 heterocycles. The molecule has 504 valence electrons. The van der Waals surface area contributed by atoms with Crippen LogP contribution in [0.4, 0.5) is 11.6 Å². The molecule has 0 aromatic carbocycles. The van der Waals surface area contributed by atoms with Gasteiger partial charge < -0.3 is 85.9 Å². The molecule has 0 saturated carbocycles. The van der Waals surface area contributed by atoms with Gasteiger partial charge >= 0.3 is 53.7 Å². The third kappa shape index (κ3) is 27.8. The highest BCUT2D eigenvalue weighted by Gasteiger charge is 2.36. The first kappa shape index (κ1) is 76.2. The molecular weight excluding hydrogens is 1240 g/mol. The van der Waals surface area contributed by atoms with E-state index in [-0.39, 0.29) is 38.1 Å². The maximum atomic E-state index is 13.3. The number of hydrogen-bond acceptors (Lipinski definition) is 33. The molecule has 0 aliphatic carbocycles. The summed E-state index contributed by atoms with van der Waals surface area (Å²) in [5.41, 5.74) is -1.69. The van der Waals surface area contributed by atoms with E-state index in [1.54, 1.807) is 48.5 Å². The molecule has 2 saturated heterocycles. The Morgan fingerprint density at radius 1 is 0.478 bits per heavy atom. The van der Waals surface area contributed by atoms with Gasteiger partial charge in [0.25, 0.3) is 23.6 Å². The molecule has 2 aromatic heterocycles. The van der Waals surface area contributed by atoms with Gasteiger partial charge in [-0.15, -0.1) is 8.75 Å². The SMILES string of the molecule is C=C(C)OC(C)C(=O)OCC(=O)O[C@H](COc1nsnc1N1CCOCC1)CN(C(=O)COC(=O)C(C)OC(C)=O)C(C)(C)C.CC(=O)OC(C)C(=O)OCC(=O)O[C@H](COc1nsnc1N1CCOCC1)CN(C(=O)COC(=O)C(C)OC(C)=O)C(C)(C)C. The highest BCUT2D eigenvalue weighted by Crippen LogP contribution is 2.29. The number of aromatic nitrogens is 4. The number of carbonyl (C=O) groups is 11. The number of morpholine rings is 2. The average molecular weight is 1320 g/mol. The van der Waals surface area contributed by atoms with Gasteiger partial charge in [-0.2, -0.15) is 8.75 Å². The lowest BCUT2D eigenvalue weighted by Gasteiger charge is -2.37. The summed E-state index contributed by atoms with van der Waals surface area (Å²) in [5, 5.41) is 0. The van der Waals surface area contributed by atoms with Crippen LogP contribution >= 0.6 is 23.5 Å². The highest BCUT2D eigenvalue weighted by molar-refractivity contribution is 6.99. The molecule has 33 nitrogen and oxygen atoms in total. The zero-order valence-electron chi connectivity index (χ0n) is 53.1. The minimum absolute atomic E-state index is 0.187. The quantitative estimate of drug-likeness (QED) is 0.0587. The van der Waals surface area contributed by atoms with Crippen LogP contribution in [0.15, 0.2) is 12.3 Å². The Hall–Kier alpha value is -8.05. The first-order valence-electron chi connectivity index (χ1n) is 28.2. The molecule has 4 unspecified atom stereocenters. The molecule has 90 heavy (non-hydrogen) atoms. The summed E-state index contributed by atoms with van der Waals surface area (Å²) in [7, 11) is 0. The van der Waals surface area contributed by atoms with E-state index in [9.17, 15) is 52.7 Å². The third-order valence-electron chi connectivity index (χ3n) is 12.0. The zero-order valence-corrected chi connectivity index (χ0v) is 54.7. The van der Waals surface area contributed by atoms with E-state index < -0.39 is 140 Å².